The molecule has 1 N–H and O–H groups in total. The van der Waals surface area contributed by atoms with Crippen LogP contribution in [0.1, 0.15) is 60.5 Å². The molecule has 1 aliphatic rings. The minimum atomic E-state index is -0.147. The number of nitrogens with zero attached hydrogens (tertiary/aromatic N) is 1. The van der Waals surface area contributed by atoms with Gasteiger partial charge in [0.15, 0.2) is 11.5 Å². The Labute approximate surface area is 236 Å². The van der Waals surface area contributed by atoms with Gasteiger partial charge in [0.05, 0.1) is 23.8 Å². The molecule has 0 bridgehead atoms. The summed E-state index contributed by atoms with van der Waals surface area (Å²) in [6.07, 6.45) is 4.67. The Morgan fingerprint density at radius 3 is 2.65 bits per heavy atom. The second kappa shape index (κ2) is 11.6. The Morgan fingerprint density at radius 1 is 1.27 bits per heavy atom. The quantitative estimate of drug-likeness (QED) is 0.275. The number of thiophene rings is 1. The third-order valence-electron chi connectivity index (χ3n) is 6.67. The molecule has 1 aliphatic carbocycles. The maximum absolute atomic E-state index is 13.6. The van der Waals surface area contributed by atoms with E-state index in [1.54, 1.807) is 48.9 Å². The van der Waals surface area contributed by atoms with E-state index in [-0.39, 0.29) is 11.3 Å². The van der Waals surface area contributed by atoms with Gasteiger partial charge < -0.3 is 14.8 Å². The zero-order valence-corrected chi connectivity index (χ0v) is 24.9. The molecule has 1 aromatic heterocycles. The van der Waals surface area contributed by atoms with Gasteiger partial charge >= 0.3 is 0 Å². The highest BCUT2D eigenvalue weighted by Gasteiger charge is 2.33. The number of anilines is 1. The fraction of sp³-hybridized carbons (Fsp3) is 0.379. The molecule has 8 heteroatoms. The predicted octanol–water partition coefficient (Wildman–Crippen LogP) is 8.73. The van der Waals surface area contributed by atoms with Crippen molar-refractivity contribution in [2.75, 3.05) is 19.0 Å². The zero-order chi connectivity index (χ0) is 26.7. The zero-order valence-electron chi connectivity index (χ0n) is 21.8. The minimum Gasteiger partial charge on any atom is -0.493 e. The van der Waals surface area contributed by atoms with Gasteiger partial charge in [-0.05, 0) is 101 Å². The maximum Gasteiger partial charge on any atom is 0.259 e. The van der Waals surface area contributed by atoms with Crippen LogP contribution in [-0.4, -0.2) is 25.8 Å². The molecule has 5 nitrogen and oxygen atoms in total. The Balaban J connectivity index is 1.71. The van der Waals surface area contributed by atoms with E-state index >= 15 is 0 Å². The van der Waals surface area contributed by atoms with Crippen LogP contribution in [0.3, 0.4) is 0 Å². The fourth-order valence-corrected chi connectivity index (χ4v) is 6.56. The summed E-state index contributed by atoms with van der Waals surface area (Å²) in [7, 11) is 1.61. The van der Waals surface area contributed by atoms with Gasteiger partial charge in [-0.25, -0.2) is 4.99 Å². The monoisotopic (exact) mass is 602 g/mol. The summed E-state index contributed by atoms with van der Waals surface area (Å²) in [5, 5.41) is 4.39. The number of benzene rings is 2. The van der Waals surface area contributed by atoms with E-state index in [2.05, 4.69) is 42.0 Å². The van der Waals surface area contributed by atoms with Crippen molar-refractivity contribution in [1.29, 1.82) is 0 Å². The van der Waals surface area contributed by atoms with Crippen molar-refractivity contribution < 1.29 is 14.3 Å². The number of amides is 1. The number of fused-ring (bicyclic) bond motifs is 1. The topological polar surface area (TPSA) is 59.9 Å². The van der Waals surface area contributed by atoms with Crippen molar-refractivity contribution in [3.8, 4) is 11.5 Å². The molecule has 196 valence electrons. The lowest BCUT2D eigenvalue weighted by Gasteiger charge is -2.33. The highest BCUT2D eigenvalue weighted by molar-refractivity contribution is 9.10. The largest absolute Gasteiger partial charge is 0.493 e. The summed E-state index contributed by atoms with van der Waals surface area (Å²) >= 11 is 11.2. The number of halogens is 2. The lowest BCUT2D eigenvalue weighted by molar-refractivity contribution is 0.102. The van der Waals surface area contributed by atoms with Crippen molar-refractivity contribution in [2.24, 2.45) is 16.3 Å². The second-order valence-corrected chi connectivity index (χ2v) is 12.6. The Bertz CT molecular complexity index is 1310. The van der Waals surface area contributed by atoms with Crippen LogP contribution in [-0.2, 0) is 12.8 Å². The van der Waals surface area contributed by atoms with Crippen LogP contribution in [0.25, 0.3) is 0 Å². The number of hydrogen-bond acceptors (Lipinski definition) is 5. The normalized spacial score (nSPS) is 15.5. The number of aliphatic imine (C=N–C) groups is 1. The number of carbonyl (C=O) groups is 1. The molecular weight excluding hydrogens is 572 g/mol. The third-order valence-corrected chi connectivity index (χ3v) is 8.68. The number of methoxy groups -OCH3 is 1. The molecule has 0 saturated carbocycles. The molecule has 3 aromatic rings. The van der Waals surface area contributed by atoms with E-state index < -0.39 is 0 Å². The van der Waals surface area contributed by atoms with Crippen molar-refractivity contribution in [3.63, 3.8) is 0 Å². The lowest BCUT2D eigenvalue weighted by Crippen LogP contribution is -2.27. The molecule has 1 amide bonds. The number of hydrogen-bond donors (Lipinski definition) is 1. The number of ether oxygens (including phenoxy) is 2. The van der Waals surface area contributed by atoms with Crippen LogP contribution < -0.4 is 14.8 Å². The molecular formula is C29H32BrClN2O3S. The summed E-state index contributed by atoms with van der Waals surface area (Å²) in [5.41, 5.74) is 3.54. The standard InChI is InChI=1S/C29H32BrClN2O3S/c1-6-36-26-22(30)13-17(14-23(26)35-5)16-32-28-25(27(34)33-20-10-8-19(31)9-11-20)21-12-7-18(29(2,3)4)15-24(21)37-28/h8-11,13-14,16,18H,6-7,12,15H2,1-5H3,(H,33,34)/t18-/m1/s1. The molecule has 4 rings (SSSR count). The smallest absolute Gasteiger partial charge is 0.259 e. The van der Waals surface area contributed by atoms with Crippen molar-refractivity contribution in [1.82, 2.24) is 0 Å². The molecule has 0 spiro atoms. The molecule has 0 aliphatic heterocycles. The van der Waals surface area contributed by atoms with Crippen molar-refractivity contribution in [2.45, 2.75) is 47.0 Å². The van der Waals surface area contributed by atoms with Gasteiger partial charge in [0.2, 0.25) is 0 Å². The van der Waals surface area contributed by atoms with Gasteiger partial charge in [0.25, 0.3) is 5.91 Å². The van der Waals surface area contributed by atoms with Crippen molar-refractivity contribution in [3.05, 3.63) is 67.5 Å². The maximum atomic E-state index is 13.6. The van der Waals surface area contributed by atoms with E-state index in [9.17, 15) is 4.79 Å². The van der Waals surface area contributed by atoms with Crippen LogP contribution in [0.5, 0.6) is 11.5 Å². The Hall–Kier alpha value is -2.35. The van der Waals surface area contributed by atoms with Gasteiger partial charge in [-0.15, -0.1) is 11.3 Å². The Morgan fingerprint density at radius 2 is 2.00 bits per heavy atom. The Kier molecular flexibility index (Phi) is 8.66. The van der Waals surface area contributed by atoms with Crippen LogP contribution in [0, 0.1) is 11.3 Å². The SMILES string of the molecule is CCOc1c(Br)cc(C=Nc2sc3c(c2C(=O)Nc2ccc(Cl)cc2)CC[C@@H](C(C)(C)C)C3)cc1OC. The van der Waals surface area contributed by atoms with Crippen molar-refractivity contribution >= 4 is 61.7 Å². The van der Waals surface area contributed by atoms with Gasteiger partial charge in [0, 0.05) is 21.8 Å². The fourth-order valence-electron chi connectivity index (χ4n) is 4.59. The molecule has 0 saturated heterocycles. The molecule has 37 heavy (non-hydrogen) atoms. The number of nitrogens with one attached hydrogen (secondary N) is 1. The van der Waals surface area contributed by atoms with E-state index in [4.69, 9.17) is 26.1 Å². The first-order valence-corrected chi connectivity index (χ1v) is 14.3. The average Bonchev–Trinajstić information content (AvgIpc) is 3.22. The van der Waals surface area contributed by atoms with E-state index in [1.165, 1.54) is 4.88 Å². The summed E-state index contributed by atoms with van der Waals surface area (Å²) in [6.45, 7) is 9.34. The molecule has 0 fully saturated rings. The van der Waals surface area contributed by atoms with Gasteiger partial charge in [-0.3, -0.25) is 4.79 Å². The summed E-state index contributed by atoms with van der Waals surface area (Å²) in [4.78, 5) is 19.6. The van der Waals surface area contributed by atoms with Crippen LogP contribution in [0.4, 0.5) is 10.7 Å². The van der Waals surface area contributed by atoms with Crippen LogP contribution in [0.15, 0.2) is 45.9 Å². The van der Waals surface area contributed by atoms with Gasteiger partial charge in [-0.1, -0.05) is 32.4 Å². The van der Waals surface area contributed by atoms with Crippen LogP contribution >= 0.6 is 38.9 Å². The first-order valence-electron chi connectivity index (χ1n) is 12.4. The van der Waals surface area contributed by atoms with Crippen LogP contribution in [0.2, 0.25) is 5.02 Å². The summed E-state index contributed by atoms with van der Waals surface area (Å²) in [5.74, 6) is 1.70. The third kappa shape index (κ3) is 6.39. The summed E-state index contributed by atoms with van der Waals surface area (Å²) < 4.78 is 12.0. The molecule has 2 aromatic carbocycles. The van der Waals surface area contributed by atoms with E-state index in [0.29, 0.717) is 40.3 Å². The highest BCUT2D eigenvalue weighted by Crippen LogP contribution is 2.45. The minimum absolute atomic E-state index is 0.147. The highest BCUT2D eigenvalue weighted by atomic mass is 79.9. The van der Waals surface area contributed by atoms with Gasteiger partial charge in [0.1, 0.15) is 5.00 Å². The van der Waals surface area contributed by atoms with E-state index in [1.807, 2.05) is 19.1 Å². The molecule has 0 unspecified atom stereocenters. The van der Waals surface area contributed by atoms with Gasteiger partial charge in [-0.2, -0.15) is 0 Å². The predicted molar refractivity (Wildman–Crippen MR) is 158 cm³/mol. The molecule has 0 radical (unpaired) electrons. The molecule has 1 atom stereocenters. The number of carbonyl (C=O) groups excluding carboxylic acids is 1. The summed E-state index contributed by atoms with van der Waals surface area (Å²) in [6, 6.07) is 11.0. The van der Waals surface area contributed by atoms with E-state index in [0.717, 1.165) is 39.9 Å². The first kappa shape index (κ1) is 27.7. The lowest BCUT2D eigenvalue weighted by atomic mass is 9.72. The average molecular weight is 604 g/mol. The first-order chi connectivity index (χ1) is 17.6. The second-order valence-electron chi connectivity index (χ2n) is 10.2. The molecule has 1 heterocycles. The number of rotatable bonds is 7.